The topological polar surface area (TPSA) is 46.3 Å². The van der Waals surface area contributed by atoms with Gasteiger partial charge in [-0.15, -0.1) is 10.2 Å². The molecule has 0 aliphatic rings. The summed E-state index contributed by atoms with van der Waals surface area (Å²) in [6.07, 6.45) is -2.82. The first kappa shape index (κ1) is 18.6. The SMILES string of the molecule is Cc1nnc2nc(N(CC(F)F)c3cccc(Br)c3F)c3c(F)cccc3n12. The standard InChI is InChI=1S/C18H12BrF4N5/c1-9-25-26-18-24-17(15-11(20)5-3-6-12(15)28(9)18)27(8-14(21)22)13-7-2-4-10(19)16(13)23/h2-7,14H,8H2,1H3. The third-order valence-electron chi connectivity index (χ3n) is 4.27. The Bertz CT molecular complexity index is 1190. The summed E-state index contributed by atoms with van der Waals surface area (Å²) in [4.78, 5) is 5.20. The molecular weight excluding hydrogens is 442 g/mol. The summed E-state index contributed by atoms with van der Waals surface area (Å²) in [6, 6.07) is 8.55. The van der Waals surface area contributed by atoms with E-state index in [0.717, 1.165) is 4.90 Å². The fourth-order valence-electron chi connectivity index (χ4n) is 3.11. The number of hydrogen-bond acceptors (Lipinski definition) is 4. The highest BCUT2D eigenvalue weighted by molar-refractivity contribution is 9.10. The third-order valence-corrected chi connectivity index (χ3v) is 4.88. The molecule has 0 aliphatic carbocycles. The van der Waals surface area contributed by atoms with Crippen LogP contribution in [0, 0.1) is 18.6 Å². The highest BCUT2D eigenvalue weighted by atomic mass is 79.9. The number of alkyl halides is 2. The predicted molar refractivity (Wildman–Crippen MR) is 100 cm³/mol. The second-order valence-electron chi connectivity index (χ2n) is 6.03. The maximum absolute atomic E-state index is 14.8. The molecule has 144 valence electrons. The lowest BCUT2D eigenvalue weighted by Crippen LogP contribution is -2.26. The normalized spacial score (nSPS) is 11.7. The molecule has 28 heavy (non-hydrogen) atoms. The summed E-state index contributed by atoms with van der Waals surface area (Å²) in [5, 5.41) is 7.81. The molecule has 0 atom stereocenters. The lowest BCUT2D eigenvalue weighted by molar-refractivity contribution is 0.157. The van der Waals surface area contributed by atoms with Crippen LogP contribution in [0.15, 0.2) is 40.9 Å². The highest BCUT2D eigenvalue weighted by Crippen LogP contribution is 2.36. The van der Waals surface area contributed by atoms with Crippen molar-refractivity contribution in [2.45, 2.75) is 13.3 Å². The summed E-state index contributed by atoms with van der Waals surface area (Å²) >= 11 is 3.05. The van der Waals surface area contributed by atoms with Crippen LogP contribution >= 0.6 is 15.9 Å². The first-order valence-electron chi connectivity index (χ1n) is 8.18. The average molecular weight is 454 g/mol. The van der Waals surface area contributed by atoms with Crippen LogP contribution in [0.25, 0.3) is 16.7 Å². The Morgan fingerprint density at radius 2 is 1.86 bits per heavy atom. The van der Waals surface area contributed by atoms with Gasteiger partial charge in [0.15, 0.2) is 5.82 Å². The molecule has 0 unspecified atom stereocenters. The van der Waals surface area contributed by atoms with Crippen molar-refractivity contribution in [2.24, 2.45) is 0 Å². The van der Waals surface area contributed by atoms with E-state index in [1.807, 2.05) is 0 Å². The number of hydrogen-bond donors (Lipinski definition) is 0. The minimum atomic E-state index is -2.82. The highest BCUT2D eigenvalue weighted by Gasteiger charge is 2.25. The van der Waals surface area contributed by atoms with Crippen molar-refractivity contribution < 1.29 is 17.6 Å². The van der Waals surface area contributed by atoms with Crippen LogP contribution in [-0.2, 0) is 0 Å². The van der Waals surface area contributed by atoms with Gasteiger partial charge >= 0.3 is 0 Å². The molecule has 4 aromatic rings. The van der Waals surface area contributed by atoms with Gasteiger partial charge in [0.1, 0.15) is 17.5 Å². The van der Waals surface area contributed by atoms with Crippen LogP contribution in [0.3, 0.4) is 0 Å². The second-order valence-corrected chi connectivity index (χ2v) is 6.88. The Hall–Kier alpha value is -2.75. The molecule has 0 bridgehead atoms. The van der Waals surface area contributed by atoms with E-state index in [-0.39, 0.29) is 27.1 Å². The molecule has 10 heteroatoms. The first-order chi connectivity index (χ1) is 13.4. The van der Waals surface area contributed by atoms with Crippen molar-refractivity contribution in [1.29, 1.82) is 0 Å². The van der Waals surface area contributed by atoms with E-state index < -0.39 is 24.6 Å². The molecular formula is C18H12BrF4N5. The maximum Gasteiger partial charge on any atom is 0.257 e. The van der Waals surface area contributed by atoms with E-state index in [2.05, 4.69) is 31.1 Å². The van der Waals surface area contributed by atoms with Gasteiger partial charge in [-0.2, -0.15) is 4.98 Å². The van der Waals surface area contributed by atoms with E-state index in [0.29, 0.717) is 11.3 Å². The smallest absolute Gasteiger partial charge is 0.257 e. The van der Waals surface area contributed by atoms with Crippen molar-refractivity contribution >= 4 is 44.1 Å². The summed E-state index contributed by atoms with van der Waals surface area (Å²) < 4.78 is 57.9. The Balaban J connectivity index is 2.09. The van der Waals surface area contributed by atoms with Gasteiger partial charge in [0.25, 0.3) is 12.2 Å². The average Bonchev–Trinajstić information content (AvgIpc) is 3.03. The van der Waals surface area contributed by atoms with Crippen LogP contribution in [0.2, 0.25) is 0 Å². The van der Waals surface area contributed by atoms with Gasteiger partial charge < -0.3 is 4.90 Å². The number of rotatable bonds is 4. The molecule has 2 aromatic carbocycles. The van der Waals surface area contributed by atoms with Gasteiger partial charge in [-0.25, -0.2) is 17.6 Å². The number of aromatic nitrogens is 4. The van der Waals surface area contributed by atoms with Gasteiger partial charge in [0, 0.05) is 0 Å². The van der Waals surface area contributed by atoms with E-state index in [4.69, 9.17) is 0 Å². The number of aryl methyl sites for hydroxylation is 1. The van der Waals surface area contributed by atoms with Gasteiger partial charge in [-0.3, -0.25) is 4.40 Å². The summed E-state index contributed by atoms with van der Waals surface area (Å²) in [6.45, 7) is 0.781. The van der Waals surface area contributed by atoms with Crippen LogP contribution < -0.4 is 4.90 Å². The van der Waals surface area contributed by atoms with Gasteiger partial charge in [0.2, 0.25) is 0 Å². The zero-order valence-electron chi connectivity index (χ0n) is 14.4. The predicted octanol–water partition coefficient (Wildman–Crippen LogP) is 5.03. The van der Waals surface area contributed by atoms with Crippen molar-refractivity contribution in [3.8, 4) is 0 Å². The summed E-state index contributed by atoms with van der Waals surface area (Å²) in [5.41, 5.74) is 0.185. The Kier molecular flexibility index (Phi) is 4.66. The van der Waals surface area contributed by atoms with Crippen LogP contribution in [0.1, 0.15) is 5.82 Å². The van der Waals surface area contributed by atoms with E-state index in [1.165, 1.54) is 34.7 Å². The van der Waals surface area contributed by atoms with E-state index in [1.54, 1.807) is 13.0 Å². The monoisotopic (exact) mass is 453 g/mol. The number of fused-ring (bicyclic) bond motifs is 3. The fourth-order valence-corrected chi connectivity index (χ4v) is 3.47. The number of nitrogens with zero attached hydrogens (tertiary/aromatic N) is 5. The second kappa shape index (κ2) is 7.01. The fraction of sp³-hybridized carbons (Fsp3) is 0.167. The molecule has 0 saturated heterocycles. The summed E-state index contributed by atoms with van der Waals surface area (Å²) in [7, 11) is 0. The van der Waals surface area contributed by atoms with Gasteiger partial charge in [-0.05, 0) is 47.1 Å². The molecule has 0 spiro atoms. The zero-order chi connectivity index (χ0) is 20.0. The minimum absolute atomic E-state index is 0.0297. The molecule has 0 radical (unpaired) electrons. The molecule has 0 fully saturated rings. The molecule has 0 aliphatic heterocycles. The van der Waals surface area contributed by atoms with Gasteiger partial charge in [-0.1, -0.05) is 12.1 Å². The quantitative estimate of drug-likeness (QED) is 0.406. The maximum atomic E-state index is 14.8. The molecule has 4 rings (SSSR count). The van der Waals surface area contributed by atoms with Gasteiger partial charge in [0.05, 0.1) is 27.6 Å². The number of anilines is 2. The zero-order valence-corrected chi connectivity index (χ0v) is 16.0. The lowest BCUT2D eigenvalue weighted by atomic mass is 10.2. The molecule has 0 amide bonds. The molecule has 2 heterocycles. The largest absolute Gasteiger partial charge is 0.317 e. The molecule has 0 saturated carbocycles. The molecule has 5 nitrogen and oxygen atoms in total. The van der Waals surface area contributed by atoms with Crippen LogP contribution in [0.5, 0.6) is 0 Å². The third kappa shape index (κ3) is 2.97. The van der Waals surface area contributed by atoms with Crippen LogP contribution in [-0.4, -0.2) is 32.6 Å². The Morgan fingerprint density at radius 3 is 2.61 bits per heavy atom. The lowest BCUT2D eigenvalue weighted by Gasteiger charge is -2.26. The number of benzene rings is 2. The minimum Gasteiger partial charge on any atom is -0.317 e. The molecule has 0 N–H and O–H groups in total. The van der Waals surface area contributed by atoms with Crippen molar-refractivity contribution in [2.75, 3.05) is 11.4 Å². The van der Waals surface area contributed by atoms with Crippen molar-refractivity contribution in [3.63, 3.8) is 0 Å². The number of halogens is 5. The Morgan fingerprint density at radius 1 is 1.11 bits per heavy atom. The van der Waals surface area contributed by atoms with Crippen LogP contribution in [0.4, 0.5) is 29.1 Å². The Labute approximate surface area is 164 Å². The van der Waals surface area contributed by atoms with Crippen molar-refractivity contribution in [3.05, 3.63) is 58.3 Å². The van der Waals surface area contributed by atoms with E-state index in [9.17, 15) is 17.6 Å². The summed E-state index contributed by atoms with van der Waals surface area (Å²) in [5.74, 6) is -1.04. The first-order valence-corrected chi connectivity index (χ1v) is 8.97. The molecule has 2 aromatic heterocycles. The van der Waals surface area contributed by atoms with Crippen molar-refractivity contribution in [1.82, 2.24) is 19.6 Å². The van der Waals surface area contributed by atoms with E-state index >= 15 is 0 Å².